The predicted molar refractivity (Wildman–Crippen MR) is 102 cm³/mol. The molecule has 2 amide bonds. The minimum Gasteiger partial charge on any atom is -0.324 e. The van der Waals surface area contributed by atoms with Crippen molar-refractivity contribution in [1.29, 1.82) is 0 Å². The number of nitrogens with one attached hydrogen (secondary N) is 1. The van der Waals surface area contributed by atoms with Gasteiger partial charge in [-0.15, -0.1) is 0 Å². The maximum absolute atomic E-state index is 12.6. The van der Waals surface area contributed by atoms with Crippen LogP contribution in [0.25, 0.3) is 5.69 Å². The van der Waals surface area contributed by atoms with Gasteiger partial charge in [-0.05, 0) is 49.7 Å². The van der Waals surface area contributed by atoms with E-state index in [1.54, 1.807) is 4.90 Å². The zero-order valence-electron chi connectivity index (χ0n) is 14.8. The number of hydrogen-bond donors (Lipinski definition) is 1. The molecule has 25 heavy (non-hydrogen) atoms. The Morgan fingerprint density at radius 1 is 1.04 bits per heavy atom. The summed E-state index contributed by atoms with van der Waals surface area (Å²) in [5.74, 6) is 0. The SMILES string of the molecule is Cc1ccc(C(C)N(C)C(=O)Nc2cccc(-n3cccc3)c2)cc1. The van der Waals surface area contributed by atoms with Crippen molar-refractivity contribution in [1.82, 2.24) is 9.47 Å². The minimum absolute atomic E-state index is 0.00627. The van der Waals surface area contributed by atoms with Crippen molar-refractivity contribution in [2.75, 3.05) is 12.4 Å². The van der Waals surface area contributed by atoms with E-state index in [0.717, 1.165) is 16.9 Å². The fourth-order valence-corrected chi connectivity index (χ4v) is 2.71. The van der Waals surface area contributed by atoms with Crippen molar-refractivity contribution in [3.63, 3.8) is 0 Å². The Bertz CT molecular complexity index is 838. The third kappa shape index (κ3) is 3.91. The Labute approximate surface area is 148 Å². The number of aromatic nitrogens is 1. The van der Waals surface area contributed by atoms with Gasteiger partial charge in [0.2, 0.25) is 0 Å². The van der Waals surface area contributed by atoms with Crippen LogP contribution in [0, 0.1) is 6.92 Å². The lowest BCUT2D eigenvalue weighted by Gasteiger charge is -2.26. The standard InChI is InChI=1S/C21H23N3O/c1-16-9-11-18(12-10-16)17(2)23(3)21(25)22-19-7-6-8-20(15-19)24-13-4-5-14-24/h4-15,17H,1-3H3,(H,22,25). The average Bonchev–Trinajstić information content (AvgIpc) is 3.16. The van der Waals surface area contributed by atoms with Crippen molar-refractivity contribution in [3.8, 4) is 5.69 Å². The van der Waals surface area contributed by atoms with E-state index < -0.39 is 0 Å². The van der Waals surface area contributed by atoms with Crippen LogP contribution in [0.2, 0.25) is 0 Å². The van der Waals surface area contributed by atoms with E-state index in [-0.39, 0.29) is 12.1 Å². The molecule has 4 heteroatoms. The Morgan fingerprint density at radius 3 is 2.40 bits per heavy atom. The zero-order chi connectivity index (χ0) is 17.8. The number of rotatable bonds is 4. The first-order valence-electron chi connectivity index (χ1n) is 8.38. The highest BCUT2D eigenvalue weighted by Gasteiger charge is 2.17. The van der Waals surface area contributed by atoms with Gasteiger partial charge >= 0.3 is 6.03 Å². The van der Waals surface area contributed by atoms with Crippen LogP contribution < -0.4 is 5.32 Å². The monoisotopic (exact) mass is 333 g/mol. The van der Waals surface area contributed by atoms with Gasteiger partial charge in [0.15, 0.2) is 0 Å². The Hall–Kier alpha value is -3.01. The summed E-state index contributed by atoms with van der Waals surface area (Å²) >= 11 is 0. The Balaban J connectivity index is 1.71. The van der Waals surface area contributed by atoms with Crippen molar-refractivity contribution >= 4 is 11.7 Å². The highest BCUT2D eigenvalue weighted by atomic mass is 16.2. The molecular weight excluding hydrogens is 310 g/mol. The Kier molecular flexibility index (Phi) is 4.89. The minimum atomic E-state index is -0.127. The molecule has 1 unspecified atom stereocenters. The number of amides is 2. The fourth-order valence-electron chi connectivity index (χ4n) is 2.71. The maximum atomic E-state index is 12.6. The quantitative estimate of drug-likeness (QED) is 0.716. The molecule has 1 heterocycles. The molecular formula is C21H23N3O. The summed E-state index contributed by atoms with van der Waals surface area (Å²) in [7, 11) is 1.82. The number of carbonyl (C=O) groups excluding carboxylic acids is 1. The molecule has 1 atom stereocenters. The molecule has 128 valence electrons. The molecule has 3 rings (SSSR count). The molecule has 0 saturated heterocycles. The summed E-state index contributed by atoms with van der Waals surface area (Å²) < 4.78 is 2.01. The van der Waals surface area contributed by atoms with Crippen molar-refractivity contribution in [2.24, 2.45) is 0 Å². The lowest BCUT2D eigenvalue weighted by molar-refractivity contribution is 0.208. The van der Waals surface area contributed by atoms with E-state index in [4.69, 9.17) is 0 Å². The second kappa shape index (κ2) is 7.26. The van der Waals surface area contributed by atoms with Crippen molar-refractivity contribution < 1.29 is 4.79 Å². The summed E-state index contributed by atoms with van der Waals surface area (Å²) in [6, 6.07) is 19.9. The number of nitrogens with zero attached hydrogens (tertiary/aromatic N) is 2. The number of aryl methyl sites for hydroxylation is 1. The van der Waals surface area contributed by atoms with Gasteiger partial charge in [0, 0.05) is 30.8 Å². The van der Waals surface area contributed by atoms with Gasteiger partial charge in [0.1, 0.15) is 0 Å². The molecule has 1 aromatic heterocycles. The molecule has 0 aliphatic carbocycles. The van der Waals surface area contributed by atoms with Gasteiger partial charge in [-0.2, -0.15) is 0 Å². The summed E-state index contributed by atoms with van der Waals surface area (Å²) in [5.41, 5.74) is 4.12. The number of hydrogen-bond acceptors (Lipinski definition) is 1. The van der Waals surface area contributed by atoms with Gasteiger partial charge in [-0.3, -0.25) is 0 Å². The normalized spacial score (nSPS) is 11.8. The predicted octanol–water partition coefficient (Wildman–Crippen LogP) is 5.01. The molecule has 0 radical (unpaired) electrons. The largest absolute Gasteiger partial charge is 0.324 e. The van der Waals surface area contributed by atoms with Crippen LogP contribution >= 0.6 is 0 Å². The highest BCUT2D eigenvalue weighted by Crippen LogP contribution is 2.21. The van der Waals surface area contributed by atoms with Crippen LogP contribution in [0.4, 0.5) is 10.5 Å². The van der Waals surface area contributed by atoms with Gasteiger partial charge in [0.25, 0.3) is 0 Å². The molecule has 1 N–H and O–H groups in total. The Morgan fingerprint density at radius 2 is 1.72 bits per heavy atom. The van der Waals surface area contributed by atoms with E-state index in [0.29, 0.717) is 0 Å². The number of carbonyl (C=O) groups is 1. The average molecular weight is 333 g/mol. The molecule has 0 aliphatic heterocycles. The van der Waals surface area contributed by atoms with E-state index in [1.165, 1.54) is 5.56 Å². The lowest BCUT2D eigenvalue weighted by atomic mass is 10.1. The van der Waals surface area contributed by atoms with Crippen LogP contribution in [-0.2, 0) is 0 Å². The maximum Gasteiger partial charge on any atom is 0.322 e. The van der Waals surface area contributed by atoms with E-state index in [1.807, 2.05) is 67.3 Å². The molecule has 0 spiro atoms. The van der Waals surface area contributed by atoms with E-state index >= 15 is 0 Å². The molecule has 0 fully saturated rings. The van der Waals surface area contributed by atoms with Crippen LogP contribution in [0.3, 0.4) is 0 Å². The van der Waals surface area contributed by atoms with E-state index in [2.05, 4.69) is 36.5 Å². The number of urea groups is 1. The van der Waals surface area contributed by atoms with E-state index in [9.17, 15) is 4.79 Å². The first-order chi connectivity index (χ1) is 12.0. The molecule has 4 nitrogen and oxygen atoms in total. The van der Waals surface area contributed by atoms with Crippen molar-refractivity contribution in [2.45, 2.75) is 19.9 Å². The summed E-state index contributed by atoms with van der Waals surface area (Å²) in [4.78, 5) is 14.3. The first-order valence-corrected chi connectivity index (χ1v) is 8.38. The molecule has 0 aliphatic rings. The second-order valence-electron chi connectivity index (χ2n) is 6.27. The van der Waals surface area contributed by atoms with Crippen LogP contribution in [-0.4, -0.2) is 22.5 Å². The zero-order valence-corrected chi connectivity index (χ0v) is 14.8. The first kappa shape index (κ1) is 16.8. The molecule has 0 saturated carbocycles. The van der Waals surface area contributed by atoms with Gasteiger partial charge in [0.05, 0.1) is 6.04 Å². The third-order valence-electron chi connectivity index (χ3n) is 4.46. The van der Waals surface area contributed by atoms with Crippen LogP contribution in [0.5, 0.6) is 0 Å². The van der Waals surface area contributed by atoms with Crippen molar-refractivity contribution in [3.05, 3.63) is 84.2 Å². The van der Waals surface area contributed by atoms with Gasteiger partial charge < -0.3 is 14.8 Å². The fraction of sp³-hybridized carbons (Fsp3) is 0.190. The summed E-state index contributed by atoms with van der Waals surface area (Å²) in [6.45, 7) is 4.09. The smallest absolute Gasteiger partial charge is 0.322 e. The van der Waals surface area contributed by atoms with Gasteiger partial charge in [-0.25, -0.2) is 4.79 Å². The molecule has 2 aromatic carbocycles. The summed E-state index contributed by atoms with van der Waals surface area (Å²) in [5, 5.41) is 2.98. The highest BCUT2D eigenvalue weighted by molar-refractivity contribution is 5.89. The summed E-state index contributed by atoms with van der Waals surface area (Å²) in [6.07, 6.45) is 3.96. The lowest BCUT2D eigenvalue weighted by Crippen LogP contribution is -2.33. The molecule has 0 bridgehead atoms. The number of anilines is 1. The topological polar surface area (TPSA) is 37.3 Å². The molecule has 3 aromatic rings. The van der Waals surface area contributed by atoms with Gasteiger partial charge in [-0.1, -0.05) is 35.9 Å². The third-order valence-corrected chi connectivity index (χ3v) is 4.46. The second-order valence-corrected chi connectivity index (χ2v) is 6.27. The van der Waals surface area contributed by atoms with Crippen LogP contribution in [0.1, 0.15) is 24.1 Å². The number of benzene rings is 2. The van der Waals surface area contributed by atoms with Crippen LogP contribution in [0.15, 0.2) is 73.1 Å².